The summed E-state index contributed by atoms with van der Waals surface area (Å²) in [5, 5.41) is 6.68. The van der Waals surface area contributed by atoms with Gasteiger partial charge in [-0.1, -0.05) is 24.3 Å². The van der Waals surface area contributed by atoms with Crippen LogP contribution in [0.1, 0.15) is 36.9 Å². The van der Waals surface area contributed by atoms with Crippen LogP contribution in [0.15, 0.2) is 53.5 Å². The van der Waals surface area contributed by atoms with Crippen LogP contribution >= 0.6 is 24.0 Å². The summed E-state index contributed by atoms with van der Waals surface area (Å²) in [5.41, 5.74) is 3.07. The lowest BCUT2D eigenvalue weighted by Crippen LogP contribution is -2.41. The molecule has 1 atom stereocenters. The lowest BCUT2D eigenvalue weighted by atomic mass is 10.1. The predicted molar refractivity (Wildman–Crippen MR) is 139 cm³/mol. The standard InChI is InChI=1S/C24H32FN5O.HI/c1-4-26-24(28-17-22(29(2)3)19-9-11-20(25)12-10-19)27-16-18-7-13-21(14-8-18)30-15-5-6-23(30)31;/h7-14,22H,4-6,15-17H2,1-3H3,(H2,26,27,28);1H. The molecular formula is C24H33FIN5O. The number of hydrogen-bond donors (Lipinski definition) is 2. The number of aliphatic imine (C=N–C) groups is 1. The summed E-state index contributed by atoms with van der Waals surface area (Å²) in [6, 6.07) is 14.7. The van der Waals surface area contributed by atoms with Gasteiger partial charge in [-0.05, 0) is 62.8 Å². The highest BCUT2D eigenvalue weighted by molar-refractivity contribution is 14.0. The number of nitrogens with zero attached hydrogens (tertiary/aromatic N) is 3. The number of carbonyl (C=O) groups excluding carboxylic acids is 1. The van der Waals surface area contributed by atoms with Gasteiger partial charge in [-0.3, -0.25) is 4.79 Å². The summed E-state index contributed by atoms with van der Waals surface area (Å²) in [5.74, 6) is 0.695. The molecule has 2 aromatic carbocycles. The number of amides is 1. The van der Waals surface area contributed by atoms with Crippen molar-refractivity contribution in [1.29, 1.82) is 0 Å². The van der Waals surface area contributed by atoms with Gasteiger partial charge in [-0.15, -0.1) is 24.0 Å². The predicted octanol–water partition coefficient (Wildman–Crippen LogP) is 3.93. The van der Waals surface area contributed by atoms with E-state index in [9.17, 15) is 9.18 Å². The fourth-order valence-electron chi connectivity index (χ4n) is 3.69. The highest BCUT2D eigenvalue weighted by Gasteiger charge is 2.21. The molecule has 1 saturated heterocycles. The van der Waals surface area contributed by atoms with Crippen LogP contribution in [0.25, 0.3) is 0 Å². The second-order valence-electron chi connectivity index (χ2n) is 7.92. The van der Waals surface area contributed by atoms with Gasteiger partial charge in [0, 0.05) is 31.7 Å². The van der Waals surface area contributed by atoms with Gasteiger partial charge in [0.25, 0.3) is 0 Å². The molecule has 8 heteroatoms. The number of rotatable bonds is 8. The Morgan fingerprint density at radius 2 is 1.81 bits per heavy atom. The highest BCUT2D eigenvalue weighted by Crippen LogP contribution is 2.22. The van der Waals surface area contributed by atoms with Crippen LogP contribution in [0.2, 0.25) is 0 Å². The van der Waals surface area contributed by atoms with E-state index in [1.165, 1.54) is 12.1 Å². The minimum Gasteiger partial charge on any atom is -0.357 e. The van der Waals surface area contributed by atoms with E-state index >= 15 is 0 Å². The van der Waals surface area contributed by atoms with Gasteiger partial charge >= 0.3 is 0 Å². The van der Waals surface area contributed by atoms with Crippen molar-refractivity contribution in [2.75, 3.05) is 38.6 Å². The van der Waals surface area contributed by atoms with Crippen molar-refractivity contribution in [3.05, 3.63) is 65.5 Å². The lowest BCUT2D eigenvalue weighted by Gasteiger charge is -2.26. The Hall–Kier alpha value is -2.20. The second kappa shape index (κ2) is 12.7. The number of guanidine groups is 1. The number of anilines is 1. The van der Waals surface area contributed by atoms with Crippen LogP contribution in [-0.4, -0.2) is 50.5 Å². The molecule has 0 aliphatic carbocycles. The van der Waals surface area contributed by atoms with Gasteiger partial charge in [0.2, 0.25) is 5.91 Å². The Morgan fingerprint density at radius 3 is 2.38 bits per heavy atom. The van der Waals surface area contributed by atoms with Crippen LogP contribution in [0.3, 0.4) is 0 Å². The third kappa shape index (κ3) is 7.16. The Labute approximate surface area is 207 Å². The van der Waals surface area contributed by atoms with E-state index in [0.29, 0.717) is 19.5 Å². The van der Waals surface area contributed by atoms with Crippen LogP contribution < -0.4 is 15.5 Å². The van der Waals surface area contributed by atoms with E-state index in [0.717, 1.165) is 42.3 Å². The number of nitrogens with one attached hydrogen (secondary N) is 2. The van der Waals surface area contributed by atoms with E-state index in [2.05, 4.69) is 15.5 Å². The average Bonchev–Trinajstić information content (AvgIpc) is 3.19. The molecule has 1 aliphatic heterocycles. The first kappa shape index (κ1) is 26.1. The molecule has 174 valence electrons. The molecule has 0 radical (unpaired) electrons. The third-order valence-corrected chi connectivity index (χ3v) is 5.43. The van der Waals surface area contributed by atoms with Crippen LogP contribution in [0, 0.1) is 5.82 Å². The average molecular weight is 553 g/mol. The monoisotopic (exact) mass is 553 g/mol. The van der Waals surface area contributed by atoms with E-state index in [4.69, 9.17) is 4.99 Å². The van der Waals surface area contributed by atoms with E-state index in [1.54, 1.807) is 0 Å². The van der Waals surface area contributed by atoms with Gasteiger partial charge in [0.05, 0.1) is 12.6 Å². The topological polar surface area (TPSA) is 60.0 Å². The second-order valence-corrected chi connectivity index (χ2v) is 7.92. The molecule has 0 bridgehead atoms. The molecule has 2 aromatic rings. The minimum atomic E-state index is -0.232. The number of likely N-dealkylation sites (N-methyl/N-ethyl adjacent to an activating group) is 1. The normalized spacial score (nSPS) is 15.0. The number of hydrogen-bond acceptors (Lipinski definition) is 3. The zero-order valence-electron chi connectivity index (χ0n) is 19.0. The summed E-state index contributed by atoms with van der Waals surface area (Å²) in [6.07, 6.45) is 1.56. The van der Waals surface area contributed by atoms with Crippen molar-refractivity contribution in [2.24, 2.45) is 4.99 Å². The summed E-state index contributed by atoms with van der Waals surface area (Å²) >= 11 is 0. The lowest BCUT2D eigenvalue weighted by molar-refractivity contribution is -0.117. The molecular weight excluding hydrogens is 520 g/mol. The van der Waals surface area contributed by atoms with Crippen LogP contribution in [-0.2, 0) is 11.3 Å². The zero-order valence-corrected chi connectivity index (χ0v) is 21.3. The zero-order chi connectivity index (χ0) is 22.2. The Bertz CT molecular complexity index is 886. The fourth-order valence-corrected chi connectivity index (χ4v) is 3.69. The molecule has 3 rings (SSSR count). The molecule has 0 aromatic heterocycles. The third-order valence-electron chi connectivity index (χ3n) is 5.43. The van der Waals surface area contributed by atoms with Gasteiger partial charge < -0.3 is 20.4 Å². The maximum atomic E-state index is 13.3. The van der Waals surface area contributed by atoms with Crippen LogP contribution in [0.4, 0.5) is 10.1 Å². The first-order chi connectivity index (χ1) is 15.0. The van der Waals surface area contributed by atoms with Crippen molar-refractivity contribution in [1.82, 2.24) is 15.5 Å². The number of benzene rings is 2. The smallest absolute Gasteiger partial charge is 0.227 e. The van der Waals surface area contributed by atoms with Crippen molar-refractivity contribution in [2.45, 2.75) is 32.4 Å². The summed E-state index contributed by atoms with van der Waals surface area (Å²) in [4.78, 5) is 20.5. The summed E-state index contributed by atoms with van der Waals surface area (Å²) in [7, 11) is 4.01. The van der Waals surface area contributed by atoms with E-state index < -0.39 is 0 Å². The summed E-state index contributed by atoms with van der Waals surface area (Å²) < 4.78 is 13.3. The molecule has 6 nitrogen and oxygen atoms in total. The molecule has 0 saturated carbocycles. The number of halogens is 2. The number of carbonyl (C=O) groups is 1. The van der Waals surface area contributed by atoms with Gasteiger partial charge in [-0.2, -0.15) is 0 Å². The van der Waals surface area contributed by atoms with Crippen molar-refractivity contribution in [3.63, 3.8) is 0 Å². The van der Waals surface area contributed by atoms with Gasteiger partial charge in [0.1, 0.15) is 5.82 Å². The van der Waals surface area contributed by atoms with E-state index in [1.807, 2.05) is 62.3 Å². The Kier molecular flexibility index (Phi) is 10.4. The van der Waals surface area contributed by atoms with E-state index in [-0.39, 0.29) is 41.7 Å². The van der Waals surface area contributed by atoms with Crippen molar-refractivity contribution in [3.8, 4) is 0 Å². The van der Waals surface area contributed by atoms with Crippen LogP contribution in [0.5, 0.6) is 0 Å². The fraction of sp³-hybridized carbons (Fsp3) is 0.417. The first-order valence-electron chi connectivity index (χ1n) is 10.8. The van der Waals surface area contributed by atoms with Gasteiger partial charge in [0.15, 0.2) is 5.96 Å². The molecule has 32 heavy (non-hydrogen) atoms. The highest BCUT2D eigenvalue weighted by atomic mass is 127. The molecule has 0 spiro atoms. The molecule has 1 amide bonds. The summed E-state index contributed by atoms with van der Waals surface area (Å²) in [6.45, 7) is 4.76. The minimum absolute atomic E-state index is 0. The maximum Gasteiger partial charge on any atom is 0.227 e. The molecule has 1 fully saturated rings. The largest absolute Gasteiger partial charge is 0.357 e. The Morgan fingerprint density at radius 1 is 1.12 bits per heavy atom. The molecule has 1 heterocycles. The molecule has 1 unspecified atom stereocenters. The molecule has 1 aliphatic rings. The first-order valence-corrected chi connectivity index (χ1v) is 10.8. The Balaban J connectivity index is 0.00000363. The quantitative estimate of drug-likeness (QED) is 0.296. The maximum absolute atomic E-state index is 13.3. The SMILES string of the molecule is CCNC(=NCc1ccc(N2CCCC2=O)cc1)NCC(c1ccc(F)cc1)N(C)C.I. The van der Waals surface area contributed by atoms with Crippen molar-refractivity contribution < 1.29 is 9.18 Å². The van der Waals surface area contributed by atoms with Gasteiger partial charge in [-0.25, -0.2) is 9.38 Å². The molecule has 2 N–H and O–H groups in total. The van der Waals surface area contributed by atoms with Crippen molar-refractivity contribution >= 4 is 41.5 Å².